The van der Waals surface area contributed by atoms with Crippen molar-refractivity contribution in [3.8, 4) is 0 Å². The number of hydrogen-bond donors (Lipinski definition) is 2. The summed E-state index contributed by atoms with van der Waals surface area (Å²) in [7, 11) is 0. The monoisotopic (exact) mass is 206 g/mol. The molecule has 0 aromatic heterocycles. The number of carbonyl (C=O) groups is 2. The molecule has 0 rings (SSSR count). The van der Waals surface area contributed by atoms with Crippen LogP contribution in [-0.2, 0) is 29.1 Å². The summed E-state index contributed by atoms with van der Waals surface area (Å²) in [5.74, 6) is -2.62. The zero-order valence-electron chi connectivity index (χ0n) is 3.77. The van der Waals surface area contributed by atoms with E-state index in [0.29, 0.717) is 0 Å². The molecular formula is C3H4O4Ru. The third-order valence-electron chi connectivity index (χ3n) is 0.302. The SMILES string of the molecule is O=C(O)CC(=O)O.[Ru]. The van der Waals surface area contributed by atoms with Crippen LogP contribution in [0, 0.1) is 0 Å². The summed E-state index contributed by atoms with van der Waals surface area (Å²) < 4.78 is 0. The molecule has 0 aliphatic carbocycles. The van der Waals surface area contributed by atoms with Crippen LogP contribution in [0.3, 0.4) is 0 Å². The van der Waals surface area contributed by atoms with E-state index in [4.69, 9.17) is 10.2 Å². The average Bonchev–Trinajstić information content (AvgIpc) is 1.27. The first-order chi connectivity index (χ1) is 3.13. The van der Waals surface area contributed by atoms with E-state index in [1.807, 2.05) is 0 Å². The number of carboxylic acid groups (broad SMARTS) is 2. The molecule has 0 saturated carbocycles. The van der Waals surface area contributed by atoms with E-state index in [1.54, 1.807) is 0 Å². The first kappa shape index (κ1) is 10.5. The predicted molar refractivity (Wildman–Crippen MR) is 19.9 cm³/mol. The predicted octanol–water partition coefficient (Wildman–Crippen LogP) is -0.457. The van der Waals surface area contributed by atoms with Crippen molar-refractivity contribution in [1.82, 2.24) is 0 Å². The van der Waals surface area contributed by atoms with Crippen molar-refractivity contribution in [3.05, 3.63) is 0 Å². The standard InChI is InChI=1S/C3H4O4.Ru/c4-2(5)1-3(6)7;/h1H2,(H,4,5)(H,6,7);. The van der Waals surface area contributed by atoms with E-state index < -0.39 is 18.4 Å². The van der Waals surface area contributed by atoms with Gasteiger partial charge in [-0.05, 0) is 0 Å². The maximum absolute atomic E-state index is 9.43. The fourth-order valence-electron chi connectivity index (χ4n) is 0.129. The third kappa shape index (κ3) is 9.12. The maximum atomic E-state index is 9.43. The fraction of sp³-hybridized carbons (Fsp3) is 0.333. The molecule has 0 bridgehead atoms. The number of carboxylic acids is 2. The molecule has 0 spiro atoms. The van der Waals surface area contributed by atoms with Crippen molar-refractivity contribution in [1.29, 1.82) is 0 Å². The minimum Gasteiger partial charge on any atom is -0.481 e. The minimum atomic E-state index is -1.31. The van der Waals surface area contributed by atoms with Gasteiger partial charge in [-0.15, -0.1) is 0 Å². The van der Waals surface area contributed by atoms with Crippen LogP contribution < -0.4 is 0 Å². The molecule has 5 heteroatoms. The molecule has 0 aliphatic heterocycles. The Morgan fingerprint density at radius 2 is 1.38 bits per heavy atom. The van der Waals surface area contributed by atoms with Gasteiger partial charge in [-0.25, -0.2) is 0 Å². The van der Waals surface area contributed by atoms with Crippen LogP contribution in [0.1, 0.15) is 6.42 Å². The second-order valence-electron chi connectivity index (χ2n) is 0.964. The molecule has 0 atom stereocenters. The molecule has 4 nitrogen and oxygen atoms in total. The Hall–Kier alpha value is -0.437. The van der Waals surface area contributed by atoms with Crippen molar-refractivity contribution >= 4 is 11.9 Å². The Morgan fingerprint density at radius 3 is 1.38 bits per heavy atom. The number of rotatable bonds is 2. The van der Waals surface area contributed by atoms with Crippen LogP contribution in [0.25, 0.3) is 0 Å². The molecule has 0 heterocycles. The summed E-state index contributed by atoms with van der Waals surface area (Å²) in [4.78, 5) is 18.9. The molecule has 0 aromatic carbocycles. The van der Waals surface area contributed by atoms with Crippen LogP contribution >= 0.6 is 0 Å². The van der Waals surface area contributed by atoms with Crippen molar-refractivity contribution < 1.29 is 39.3 Å². The minimum absolute atomic E-state index is 0. The van der Waals surface area contributed by atoms with Gasteiger partial charge in [-0.1, -0.05) is 0 Å². The van der Waals surface area contributed by atoms with Gasteiger partial charge in [0.2, 0.25) is 0 Å². The van der Waals surface area contributed by atoms with E-state index in [-0.39, 0.29) is 19.5 Å². The van der Waals surface area contributed by atoms with Gasteiger partial charge >= 0.3 is 11.9 Å². The van der Waals surface area contributed by atoms with Gasteiger partial charge in [0, 0.05) is 19.5 Å². The van der Waals surface area contributed by atoms with Gasteiger partial charge in [0.25, 0.3) is 0 Å². The largest absolute Gasteiger partial charge is 0.481 e. The fourth-order valence-corrected chi connectivity index (χ4v) is 0.129. The Bertz CT molecular complexity index is 87.5. The molecule has 0 aliphatic rings. The molecule has 0 unspecified atom stereocenters. The Balaban J connectivity index is 0. The van der Waals surface area contributed by atoms with Crippen LogP contribution in [0.5, 0.6) is 0 Å². The quantitative estimate of drug-likeness (QED) is 0.472. The first-order valence-corrected chi connectivity index (χ1v) is 1.56. The number of hydrogen-bond acceptors (Lipinski definition) is 2. The average molecular weight is 205 g/mol. The van der Waals surface area contributed by atoms with Gasteiger partial charge in [-0.3, -0.25) is 9.59 Å². The summed E-state index contributed by atoms with van der Waals surface area (Å²) in [5.41, 5.74) is 0. The van der Waals surface area contributed by atoms with Gasteiger partial charge in [0.1, 0.15) is 6.42 Å². The van der Waals surface area contributed by atoms with Gasteiger partial charge < -0.3 is 10.2 Å². The van der Waals surface area contributed by atoms with Gasteiger partial charge in [0.05, 0.1) is 0 Å². The van der Waals surface area contributed by atoms with Crippen LogP contribution in [0.2, 0.25) is 0 Å². The molecule has 48 valence electrons. The topological polar surface area (TPSA) is 74.6 Å². The smallest absolute Gasteiger partial charge is 0.314 e. The molecule has 0 saturated heterocycles. The van der Waals surface area contributed by atoms with E-state index in [1.165, 1.54) is 0 Å². The summed E-state index contributed by atoms with van der Waals surface area (Å²) in [6.45, 7) is 0. The van der Waals surface area contributed by atoms with Crippen molar-refractivity contribution in [2.24, 2.45) is 0 Å². The van der Waals surface area contributed by atoms with Crippen LogP contribution in [0.15, 0.2) is 0 Å². The second-order valence-corrected chi connectivity index (χ2v) is 0.964. The van der Waals surface area contributed by atoms with Crippen molar-refractivity contribution in [3.63, 3.8) is 0 Å². The van der Waals surface area contributed by atoms with E-state index >= 15 is 0 Å². The van der Waals surface area contributed by atoms with Crippen molar-refractivity contribution in [2.45, 2.75) is 6.42 Å². The molecule has 2 N–H and O–H groups in total. The van der Waals surface area contributed by atoms with Crippen LogP contribution in [-0.4, -0.2) is 22.2 Å². The molecule has 0 amide bonds. The summed E-state index contributed by atoms with van der Waals surface area (Å²) in [6, 6.07) is 0. The zero-order chi connectivity index (χ0) is 5.86. The third-order valence-corrected chi connectivity index (χ3v) is 0.302. The second kappa shape index (κ2) is 4.72. The molecule has 0 aromatic rings. The zero-order valence-corrected chi connectivity index (χ0v) is 5.51. The Labute approximate surface area is 58.3 Å². The van der Waals surface area contributed by atoms with Gasteiger partial charge in [-0.2, -0.15) is 0 Å². The molecule has 8 heavy (non-hydrogen) atoms. The van der Waals surface area contributed by atoms with E-state index in [0.717, 1.165) is 0 Å². The summed E-state index contributed by atoms with van der Waals surface area (Å²) in [5, 5.41) is 15.4. The van der Waals surface area contributed by atoms with E-state index in [2.05, 4.69) is 0 Å². The summed E-state index contributed by atoms with van der Waals surface area (Å²) >= 11 is 0. The first-order valence-electron chi connectivity index (χ1n) is 1.56. The molecular weight excluding hydrogens is 201 g/mol. The molecule has 0 radical (unpaired) electrons. The normalized spacial score (nSPS) is 7.00. The van der Waals surface area contributed by atoms with Crippen molar-refractivity contribution in [2.75, 3.05) is 0 Å². The maximum Gasteiger partial charge on any atom is 0.314 e. The number of aliphatic carboxylic acids is 2. The summed E-state index contributed by atoms with van der Waals surface area (Å²) in [6.07, 6.45) is -0.806. The van der Waals surface area contributed by atoms with E-state index in [9.17, 15) is 9.59 Å². The van der Waals surface area contributed by atoms with Crippen LogP contribution in [0.4, 0.5) is 0 Å². The Kier molecular flexibility index (Phi) is 6.21. The molecule has 0 fully saturated rings. The Morgan fingerprint density at radius 1 is 1.12 bits per heavy atom. The van der Waals surface area contributed by atoms with Gasteiger partial charge in [0.15, 0.2) is 0 Å².